The molecular formula is C30H31BN2O4S2. The second kappa shape index (κ2) is 11.3. The molecule has 3 aromatic carbocycles. The summed E-state index contributed by atoms with van der Waals surface area (Å²) in [5.41, 5.74) is 4.00. The van der Waals surface area contributed by atoms with E-state index in [1.165, 1.54) is 23.5 Å². The Morgan fingerprint density at radius 3 is 2.03 bits per heavy atom. The Labute approximate surface area is 239 Å². The highest BCUT2D eigenvalue weighted by Gasteiger charge is 2.66. The van der Waals surface area contributed by atoms with Gasteiger partial charge in [0.15, 0.2) is 9.74 Å². The van der Waals surface area contributed by atoms with E-state index < -0.39 is 9.74 Å². The van der Waals surface area contributed by atoms with Crippen molar-refractivity contribution in [2.45, 2.75) is 33.7 Å². The van der Waals surface area contributed by atoms with Crippen molar-refractivity contribution in [2.24, 2.45) is 0 Å². The second-order valence-electron chi connectivity index (χ2n) is 9.81. The number of ether oxygens (including phenoxy) is 2. The zero-order chi connectivity index (χ0) is 27.6. The van der Waals surface area contributed by atoms with Crippen LogP contribution in [0.4, 0.5) is 0 Å². The van der Waals surface area contributed by atoms with Gasteiger partial charge < -0.3 is 19.3 Å². The average Bonchev–Trinajstić information content (AvgIpc) is 3.13. The summed E-state index contributed by atoms with van der Waals surface area (Å²) in [6, 6.07) is 25.6. The van der Waals surface area contributed by atoms with Crippen LogP contribution in [-0.4, -0.2) is 67.0 Å². The van der Waals surface area contributed by atoms with Gasteiger partial charge in [0.05, 0.1) is 32.8 Å². The van der Waals surface area contributed by atoms with Crippen LogP contribution in [0.5, 0.6) is 5.75 Å². The molecule has 3 heterocycles. The van der Waals surface area contributed by atoms with Gasteiger partial charge in [-0.1, -0.05) is 78.6 Å². The molecule has 0 saturated carbocycles. The van der Waals surface area contributed by atoms with Crippen LogP contribution < -0.4 is 4.74 Å². The van der Waals surface area contributed by atoms with E-state index in [1.54, 1.807) is 31.0 Å². The van der Waals surface area contributed by atoms with Crippen molar-refractivity contribution >= 4 is 43.2 Å². The van der Waals surface area contributed by atoms with Gasteiger partial charge in [0, 0.05) is 20.5 Å². The number of methoxy groups -OCH3 is 1. The molecule has 9 heteroatoms. The molecule has 3 aromatic rings. The third-order valence-electron chi connectivity index (χ3n) is 7.46. The van der Waals surface area contributed by atoms with E-state index >= 15 is 0 Å². The number of carbonyl (C=O) groups excluding carboxylic acids is 2. The number of rotatable bonds is 9. The zero-order valence-corrected chi connectivity index (χ0v) is 24.0. The van der Waals surface area contributed by atoms with Crippen molar-refractivity contribution in [3.8, 4) is 5.75 Å². The standard InChI is InChI=1S/C30H31BN2O4S2/c1-32-28(35)30(20-37-19-23-7-5-4-6-8-23)33(2)27(34)29(32,17-21-9-11-22(18-31)12-10-21)38-26(39-30)24-13-15-25(36-3)16-14-24/h4-16,26H,17-20H2,1-3H3/t26?,29-,30?/m0/s1. The first-order valence-electron chi connectivity index (χ1n) is 12.8. The molecular weight excluding hydrogens is 527 g/mol. The molecule has 3 atom stereocenters. The fourth-order valence-corrected chi connectivity index (χ4v) is 8.85. The number of benzene rings is 3. The number of fused-ring (bicyclic) bond motifs is 4. The van der Waals surface area contributed by atoms with Gasteiger partial charge in [-0.2, -0.15) is 0 Å². The predicted octanol–water partition coefficient (Wildman–Crippen LogP) is 4.62. The molecule has 2 amide bonds. The molecule has 0 aromatic heterocycles. The monoisotopic (exact) mass is 558 g/mol. The Balaban J connectivity index is 1.54. The van der Waals surface area contributed by atoms with E-state index in [-0.39, 0.29) is 23.0 Å². The van der Waals surface area contributed by atoms with Gasteiger partial charge in [-0.25, -0.2) is 0 Å². The number of carbonyl (C=O) groups is 2. The van der Waals surface area contributed by atoms with Crippen molar-refractivity contribution in [3.63, 3.8) is 0 Å². The summed E-state index contributed by atoms with van der Waals surface area (Å²) in [4.78, 5) is 29.6. The van der Waals surface area contributed by atoms with Gasteiger partial charge in [-0.15, -0.1) is 23.5 Å². The van der Waals surface area contributed by atoms with E-state index in [0.29, 0.717) is 19.3 Å². The molecule has 39 heavy (non-hydrogen) atoms. The first kappa shape index (κ1) is 27.7. The lowest BCUT2D eigenvalue weighted by Gasteiger charge is -2.51. The Morgan fingerprint density at radius 2 is 1.38 bits per heavy atom. The number of hydrogen-bond donors (Lipinski definition) is 0. The maximum atomic E-state index is 14.3. The first-order chi connectivity index (χ1) is 18.8. The summed E-state index contributed by atoms with van der Waals surface area (Å²) < 4.78 is 11.3. The normalized spacial score (nSPS) is 24.6. The number of amides is 2. The van der Waals surface area contributed by atoms with Crippen LogP contribution in [0.15, 0.2) is 78.9 Å². The number of hydrogen-bond acceptors (Lipinski definition) is 6. The van der Waals surface area contributed by atoms with Crippen LogP contribution in [0, 0.1) is 0 Å². The van der Waals surface area contributed by atoms with E-state index in [0.717, 1.165) is 28.0 Å². The van der Waals surface area contributed by atoms with Crippen LogP contribution in [0.25, 0.3) is 0 Å². The van der Waals surface area contributed by atoms with Gasteiger partial charge in [0.25, 0.3) is 11.8 Å². The van der Waals surface area contributed by atoms with E-state index in [9.17, 15) is 9.59 Å². The quantitative estimate of drug-likeness (QED) is 0.357. The van der Waals surface area contributed by atoms with Crippen molar-refractivity contribution in [1.29, 1.82) is 0 Å². The minimum absolute atomic E-state index is 0.0759. The third-order valence-corrected chi connectivity index (χ3v) is 11.0. The highest BCUT2D eigenvalue weighted by atomic mass is 32.2. The Hall–Kier alpha value is -2.88. The summed E-state index contributed by atoms with van der Waals surface area (Å²) in [6.45, 7) is 0.424. The molecule has 3 fully saturated rings. The van der Waals surface area contributed by atoms with E-state index in [2.05, 4.69) is 0 Å². The van der Waals surface area contributed by atoms with Crippen LogP contribution in [0.2, 0.25) is 0 Å². The maximum Gasteiger partial charge on any atom is 0.262 e. The number of thioether (sulfide) groups is 2. The maximum absolute atomic E-state index is 14.3. The summed E-state index contributed by atoms with van der Waals surface area (Å²) in [5, 5.41) is 0. The van der Waals surface area contributed by atoms with E-state index in [1.807, 2.05) is 78.9 Å². The van der Waals surface area contributed by atoms with Crippen LogP contribution in [0.3, 0.4) is 0 Å². The summed E-state index contributed by atoms with van der Waals surface area (Å²) in [5.74, 6) is 0.511. The largest absolute Gasteiger partial charge is 0.497 e. The summed E-state index contributed by atoms with van der Waals surface area (Å²) in [6.07, 6.45) is 0.823. The topological polar surface area (TPSA) is 59.1 Å². The van der Waals surface area contributed by atoms with E-state index in [4.69, 9.17) is 17.3 Å². The molecule has 0 N–H and O–H groups in total. The summed E-state index contributed by atoms with van der Waals surface area (Å²) >= 11 is 3.00. The number of piperazine rings is 1. The number of likely N-dealkylation sites (N-methyl/N-ethyl adjacent to an activating group) is 2. The zero-order valence-electron chi connectivity index (χ0n) is 22.3. The smallest absolute Gasteiger partial charge is 0.262 e. The van der Waals surface area contributed by atoms with Crippen LogP contribution >= 0.6 is 23.5 Å². The lowest BCUT2D eigenvalue weighted by molar-refractivity contribution is -0.166. The molecule has 0 spiro atoms. The van der Waals surface area contributed by atoms with Gasteiger partial charge in [0.1, 0.15) is 5.75 Å². The fraction of sp³-hybridized carbons (Fsp3) is 0.333. The van der Waals surface area contributed by atoms with Gasteiger partial charge >= 0.3 is 0 Å². The molecule has 6 nitrogen and oxygen atoms in total. The van der Waals surface area contributed by atoms with Gasteiger partial charge in [-0.3, -0.25) is 9.59 Å². The molecule has 200 valence electrons. The number of nitrogens with zero attached hydrogens (tertiary/aromatic N) is 2. The van der Waals surface area contributed by atoms with Crippen molar-refractivity contribution in [1.82, 2.24) is 9.80 Å². The second-order valence-corrected chi connectivity index (χ2v) is 12.9. The van der Waals surface area contributed by atoms with Crippen LogP contribution in [-0.2, 0) is 33.7 Å². The molecule has 6 rings (SSSR count). The highest BCUT2D eigenvalue weighted by Crippen LogP contribution is 2.61. The highest BCUT2D eigenvalue weighted by molar-refractivity contribution is 8.18. The minimum atomic E-state index is -1.21. The molecule has 2 bridgehead atoms. The van der Waals surface area contributed by atoms with Crippen LogP contribution in [0.1, 0.15) is 26.8 Å². The molecule has 2 unspecified atom stereocenters. The predicted molar refractivity (Wildman–Crippen MR) is 158 cm³/mol. The molecule has 3 aliphatic rings. The summed E-state index contributed by atoms with van der Waals surface area (Å²) in [7, 11) is 10.9. The Bertz CT molecular complexity index is 1330. The molecule has 0 aliphatic carbocycles. The lowest BCUT2D eigenvalue weighted by atomic mass is 9.93. The third kappa shape index (κ3) is 5.08. The van der Waals surface area contributed by atoms with Crippen molar-refractivity contribution in [2.75, 3.05) is 27.8 Å². The Morgan fingerprint density at radius 1 is 0.795 bits per heavy atom. The molecule has 3 aliphatic heterocycles. The molecule has 3 saturated heterocycles. The lowest BCUT2D eigenvalue weighted by Crippen LogP contribution is -2.73. The first-order valence-corrected chi connectivity index (χ1v) is 14.5. The Kier molecular flexibility index (Phi) is 8.03. The molecule has 2 radical (unpaired) electrons. The van der Waals surface area contributed by atoms with Crippen molar-refractivity contribution < 1.29 is 19.1 Å². The SMILES string of the molecule is [B]Cc1ccc(C[C@@]23SC(c4ccc(OC)cc4)SC(COCc4ccccc4)(C(=O)N2C)N(C)C3=O)cc1. The minimum Gasteiger partial charge on any atom is -0.497 e. The van der Waals surface area contributed by atoms with Gasteiger partial charge in [-0.05, 0) is 28.8 Å². The van der Waals surface area contributed by atoms with Crippen molar-refractivity contribution in [3.05, 3.63) is 101 Å². The van der Waals surface area contributed by atoms with Gasteiger partial charge in [0.2, 0.25) is 0 Å². The average molecular weight is 559 g/mol. The fourth-order valence-electron chi connectivity index (χ4n) is 5.05.